The van der Waals surface area contributed by atoms with Crippen LogP contribution in [0.1, 0.15) is 26.7 Å². The van der Waals surface area contributed by atoms with Crippen LogP contribution in [0.15, 0.2) is 0 Å². The molecule has 1 radical (unpaired) electrons. The molecule has 41 valence electrons. The number of rotatable bonds is 3. The van der Waals surface area contributed by atoms with Crippen molar-refractivity contribution in [3.05, 3.63) is 0 Å². The first-order valence-electron chi connectivity index (χ1n) is 2.82. The highest BCUT2D eigenvalue weighted by molar-refractivity contribution is 8.07. The van der Waals surface area contributed by atoms with Crippen molar-refractivity contribution in [1.29, 1.82) is 0 Å². The Hall–Kier alpha value is 0.415. The molecule has 0 aromatic rings. The van der Waals surface area contributed by atoms with Gasteiger partial charge in [-0.2, -0.15) is 0 Å². The Morgan fingerprint density at radius 1 is 1.43 bits per heavy atom. The van der Waals surface area contributed by atoms with Gasteiger partial charge in [0.1, 0.15) is 0 Å². The minimum Gasteiger partial charge on any atom is -0.235 e. The molecule has 0 fully saturated rings. The van der Waals surface area contributed by atoms with Crippen LogP contribution in [0.2, 0.25) is 5.82 Å². The summed E-state index contributed by atoms with van der Waals surface area (Å²) < 4.78 is 0. The summed E-state index contributed by atoms with van der Waals surface area (Å²) in [5.74, 6) is 0.725. The van der Waals surface area contributed by atoms with Crippen LogP contribution >= 0.6 is 12.5 Å². The zero-order valence-corrected chi connectivity index (χ0v) is 5.91. The minimum absolute atomic E-state index is 0.725. The van der Waals surface area contributed by atoms with E-state index in [1.54, 1.807) is 0 Å². The molecule has 0 saturated heterocycles. The van der Waals surface area contributed by atoms with E-state index in [1.165, 1.54) is 12.8 Å². The Morgan fingerprint density at radius 3 is 1.86 bits per heavy atom. The maximum atomic E-state index is 4.05. The molecule has 0 rings (SSSR count). The van der Waals surface area contributed by atoms with E-state index in [1.807, 2.05) is 6.56 Å². The zero-order chi connectivity index (χ0) is 5.70. The predicted molar refractivity (Wildman–Crippen MR) is 39.1 cm³/mol. The molecule has 0 unspecified atom stereocenters. The fourth-order valence-electron chi connectivity index (χ4n) is 0.499. The van der Waals surface area contributed by atoms with E-state index in [0.29, 0.717) is 0 Å². The van der Waals surface area contributed by atoms with Crippen molar-refractivity contribution in [2.24, 2.45) is 0 Å². The third-order valence-electron chi connectivity index (χ3n) is 1.26. The molecule has 0 amide bonds. The molecule has 0 aliphatic carbocycles. The summed E-state index contributed by atoms with van der Waals surface area (Å²) in [5, 5.41) is 0. The first kappa shape index (κ1) is 7.41. The molecule has 0 bridgehead atoms. The molecule has 0 aliphatic rings. The van der Waals surface area contributed by atoms with Crippen LogP contribution < -0.4 is 0 Å². The molecular weight excluding hydrogens is 103 g/mol. The van der Waals surface area contributed by atoms with Gasteiger partial charge in [0, 0.05) is 0 Å². The van der Waals surface area contributed by atoms with E-state index in [4.69, 9.17) is 0 Å². The summed E-state index contributed by atoms with van der Waals surface area (Å²) in [7, 11) is 0. The number of hydrogen-bond donors (Lipinski definition) is 1. The smallest absolute Gasteiger partial charge is 0.190 e. The van der Waals surface area contributed by atoms with Crippen LogP contribution in [0.4, 0.5) is 0 Å². The molecule has 0 N–H and O–H groups in total. The van der Waals surface area contributed by atoms with Gasteiger partial charge in [0.25, 0.3) is 0 Å². The van der Waals surface area contributed by atoms with E-state index in [9.17, 15) is 0 Å². The summed E-state index contributed by atoms with van der Waals surface area (Å²) in [6.07, 6.45) is 2.44. The van der Waals surface area contributed by atoms with Crippen LogP contribution in [-0.4, -0.2) is 6.56 Å². The molecule has 0 heterocycles. The molecule has 0 nitrogen and oxygen atoms in total. The van der Waals surface area contributed by atoms with Crippen molar-refractivity contribution in [2.45, 2.75) is 32.5 Å². The lowest BCUT2D eigenvalue weighted by Crippen LogP contribution is -1.92. The maximum Gasteiger partial charge on any atom is 0.190 e. The number of thiol groups is 1. The second-order valence-electron chi connectivity index (χ2n) is 1.73. The van der Waals surface area contributed by atoms with Gasteiger partial charge in [0.2, 0.25) is 0 Å². The molecule has 0 saturated carbocycles. The molecule has 0 aromatic carbocycles. The molecule has 7 heavy (non-hydrogen) atoms. The van der Waals surface area contributed by atoms with Crippen molar-refractivity contribution < 1.29 is 0 Å². The summed E-state index contributed by atoms with van der Waals surface area (Å²) >= 11 is 4.05. The monoisotopic (exact) mass is 115 g/mol. The van der Waals surface area contributed by atoms with E-state index < -0.39 is 0 Å². The Kier molecular flexibility index (Phi) is 4.84. The zero-order valence-electron chi connectivity index (χ0n) is 5.02. The molecule has 0 aliphatic heterocycles. The predicted octanol–water partition coefficient (Wildman–Crippen LogP) is 2.14. The van der Waals surface area contributed by atoms with Crippen LogP contribution in [0.25, 0.3) is 0 Å². The van der Waals surface area contributed by atoms with Crippen LogP contribution in [0.5, 0.6) is 0 Å². The van der Waals surface area contributed by atoms with Crippen molar-refractivity contribution in [1.82, 2.24) is 0 Å². The van der Waals surface area contributed by atoms with Gasteiger partial charge < -0.3 is 0 Å². The standard InChI is InChI=1S/C5H12BS/c1-3-5(4-2)6-7/h5,7H,3-4H2,1-2H3. The average molecular weight is 115 g/mol. The summed E-state index contributed by atoms with van der Waals surface area (Å²) in [5.41, 5.74) is 0. The van der Waals surface area contributed by atoms with E-state index >= 15 is 0 Å². The Bertz CT molecular complexity index is 29.6. The lowest BCUT2D eigenvalue weighted by atomic mass is 9.81. The highest BCUT2D eigenvalue weighted by atomic mass is 32.1. The molecule has 2 heteroatoms. The molecule has 0 aromatic heterocycles. The van der Waals surface area contributed by atoms with Crippen molar-refractivity contribution in [2.75, 3.05) is 0 Å². The maximum absolute atomic E-state index is 4.05. The van der Waals surface area contributed by atoms with Crippen molar-refractivity contribution in [3.63, 3.8) is 0 Å². The second-order valence-corrected chi connectivity index (χ2v) is 2.02. The third-order valence-corrected chi connectivity index (χ3v) is 1.68. The first-order valence-corrected chi connectivity index (χ1v) is 3.34. The highest BCUT2D eigenvalue weighted by Crippen LogP contribution is 2.12. The Morgan fingerprint density at radius 2 is 1.86 bits per heavy atom. The quantitative estimate of drug-likeness (QED) is 0.422. The van der Waals surface area contributed by atoms with Crippen LogP contribution in [0, 0.1) is 0 Å². The minimum atomic E-state index is 0.725. The van der Waals surface area contributed by atoms with E-state index in [2.05, 4.69) is 26.3 Å². The van der Waals surface area contributed by atoms with Gasteiger partial charge in [-0.15, -0.1) is 0 Å². The van der Waals surface area contributed by atoms with Gasteiger partial charge in [-0.1, -0.05) is 32.5 Å². The highest BCUT2D eigenvalue weighted by Gasteiger charge is 1.98. The van der Waals surface area contributed by atoms with Crippen molar-refractivity contribution >= 4 is 19.0 Å². The van der Waals surface area contributed by atoms with Crippen LogP contribution in [0.3, 0.4) is 0 Å². The average Bonchev–Trinajstić information content (AvgIpc) is 1.72. The fraction of sp³-hybridized carbons (Fsp3) is 1.00. The van der Waals surface area contributed by atoms with E-state index in [0.717, 1.165) is 5.82 Å². The van der Waals surface area contributed by atoms with Gasteiger partial charge in [-0.3, -0.25) is 0 Å². The SMILES string of the molecule is CCC([B]S)CC. The van der Waals surface area contributed by atoms with Gasteiger partial charge in [-0.25, -0.2) is 12.5 Å². The molecule has 0 spiro atoms. The lowest BCUT2D eigenvalue weighted by Gasteiger charge is -2.03. The summed E-state index contributed by atoms with van der Waals surface area (Å²) in [6, 6.07) is 0. The Balaban J connectivity index is 2.99. The number of hydrogen-bond acceptors (Lipinski definition) is 1. The summed E-state index contributed by atoms with van der Waals surface area (Å²) in [4.78, 5) is 0. The topological polar surface area (TPSA) is 0 Å². The largest absolute Gasteiger partial charge is 0.235 e. The molecule has 0 atom stereocenters. The van der Waals surface area contributed by atoms with Gasteiger partial charge in [0.15, 0.2) is 6.56 Å². The van der Waals surface area contributed by atoms with E-state index in [-0.39, 0.29) is 0 Å². The van der Waals surface area contributed by atoms with Gasteiger partial charge in [-0.05, 0) is 0 Å². The van der Waals surface area contributed by atoms with Gasteiger partial charge in [0.05, 0.1) is 0 Å². The normalized spacial score (nSPS) is 9.71. The van der Waals surface area contributed by atoms with Gasteiger partial charge >= 0.3 is 0 Å². The third kappa shape index (κ3) is 3.04. The van der Waals surface area contributed by atoms with Crippen LogP contribution in [-0.2, 0) is 0 Å². The lowest BCUT2D eigenvalue weighted by molar-refractivity contribution is 0.766. The Labute approximate surface area is 52.2 Å². The summed E-state index contributed by atoms with van der Waals surface area (Å²) in [6.45, 7) is 6.34. The fourth-order valence-corrected chi connectivity index (χ4v) is 0.921. The van der Waals surface area contributed by atoms with Crippen molar-refractivity contribution in [3.8, 4) is 0 Å². The molecular formula is C5H12BS. The second kappa shape index (κ2) is 4.57. The first-order chi connectivity index (χ1) is 3.35.